The molecule has 1 aliphatic heterocycles. The zero-order valence-electron chi connectivity index (χ0n) is 15.2. The third-order valence-corrected chi connectivity index (χ3v) is 5.56. The summed E-state index contributed by atoms with van der Waals surface area (Å²) in [5.74, 6) is 0. The van der Waals surface area contributed by atoms with Gasteiger partial charge >= 0.3 is 0 Å². The van der Waals surface area contributed by atoms with Gasteiger partial charge in [0.1, 0.15) is 6.17 Å². The van der Waals surface area contributed by atoms with Crippen molar-refractivity contribution in [2.75, 3.05) is 37.6 Å². The first-order chi connectivity index (χ1) is 12.0. The monoisotopic (exact) mass is 360 g/mol. The topological polar surface area (TPSA) is 6.48 Å². The molecule has 0 aromatic heterocycles. The molecule has 1 heterocycles. The van der Waals surface area contributed by atoms with Crippen molar-refractivity contribution in [2.45, 2.75) is 26.9 Å². The standard InChI is InChI=1S/C21H26ClFN2/c1-4-24-9-11-25(12-10-24)17-13-19(16(3)23)21(22)20(14-17)18-8-6-5-7-15(18)2/h5-8,13-14,16H,4,9-12H2,1-3H3. The van der Waals surface area contributed by atoms with Crippen molar-refractivity contribution < 1.29 is 4.39 Å². The van der Waals surface area contributed by atoms with E-state index in [0.717, 1.165) is 55.1 Å². The summed E-state index contributed by atoms with van der Waals surface area (Å²) in [4.78, 5) is 4.78. The zero-order valence-corrected chi connectivity index (χ0v) is 16.0. The molecular weight excluding hydrogens is 335 g/mol. The zero-order chi connectivity index (χ0) is 18.0. The van der Waals surface area contributed by atoms with Crippen LogP contribution in [-0.2, 0) is 0 Å². The van der Waals surface area contributed by atoms with Gasteiger partial charge in [0.2, 0.25) is 0 Å². The van der Waals surface area contributed by atoms with Crippen LogP contribution in [-0.4, -0.2) is 37.6 Å². The van der Waals surface area contributed by atoms with Gasteiger partial charge in [0.05, 0.1) is 5.02 Å². The van der Waals surface area contributed by atoms with Crippen LogP contribution in [0.2, 0.25) is 5.02 Å². The molecule has 0 N–H and O–H groups in total. The molecule has 0 radical (unpaired) electrons. The Morgan fingerprint density at radius 3 is 2.36 bits per heavy atom. The Morgan fingerprint density at radius 1 is 1.08 bits per heavy atom. The first-order valence-corrected chi connectivity index (χ1v) is 9.40. The van der Waals surface area contributed by atoms with Crippen molar-refractivity contribution in [3.05, 3.63) is 52.5 Å². The lowest BCUT2D eigenvalue weighted by molar-refractivity contribution is 0.271. The second kappa shape index (κ2) is 7.76. The van der Waals surface area contributed by atoms with Crippen molar-refractivity contribution >= 4 is 17.3 Å². The molecule has 0 amide bonds. The number of rotatable bonds is 4. The van der Waals surface area contributed by atoms with Gasteiger partial charge in [-0.15, -0.1) is 0 Å². The Hall–Kier alpha value is -1.58. The van der Waals surface area contributed by atoms with E-state index in [1.165, 1.54) is 0 Å². The van der Waals surface area contributed by atoms with Gasteiger partial charge in [-0.05, 0) is 43.7 Å². The molecule has 2 nitrogen and oxygen atoms in total. The number of anilines is 1. The van der Waals surface area contributed by atoms with E-state index < -0.39 is 6.17 Å². The Morgan fingerprint density at radius 2 is 1.76 bits per heavy atom. The van der Waals surface area contributed by atoms with E-state index in [1.54, 1.807) is 6.92 Å². The number of aryl methyl sites for hydroxylation is 1. The van der Waals surface area contributed by atoms with Crippen LogP contribution in [0.1, 0.15) is 31.1 Å². The van der Waals surface area contributed by atoms with Crippen LogP contribution in [0.3, 0.4) is 0 Å². The van der Waals surface area contributed by atoms with E-state index in [9.17, 15) is 4.39 Å². The average molecular weight is 361 g/mol. The fourth-order valence-electron chi connectivity index (χ4n) is 3.50. The van der Waals surface area contributed by atoms with Crippen LogP contribution in [0.4, 0.5) is 10.1 Å². The molecule has 134 valence electrons. The van der Waals surface area contributed by atoms with E-state index in [2.05, 4.69) is 41.8 Å². The number of piperazine rings is 1. The lowest BCUT2D eigenvalue weighted by Crippen LogP contribution is -2.46. The van der Waals surface area contributed by atoms with Gasteiger partial charge in [-0.2, -0.15) is 0 Å². The van der Waals surface area contributed by atoms with E-state index in [4.69, 9.17) is 11.6 Å². The molecule has 1 aliphatic rings. The second-order valence-corrected chi connectivity index (χ2v) is 7.13. The summed E-state index contributed by atoms with van der Waals surface area (Å²) >= 11 is 6.60. The summed E-state index contributed by atoms with van der Waals surface area (Å²) < 4.78 is 14.2. The summed E-state index contributed by atoms with van der Waals surface area (Å²) in [5, 5.41) is 0.528. The van der Waals surface area contributed by atoms with Crippen LogP contribution in [0, 0.1) is 6.92 Å². The maximum absolute atomic E-state index is 14.2. The van der Waals surface area contributed by atoms with Gasteiger partial charge in [-0.25, -0.2) is 4.39 Å². The van der Waals surface area contributed by atoms with Gasteiger partial charge in [-0.1, -0.05) is 42.8 Å². The Balaban J connectivity index is 2.04. The van der Waals surface area contributed by atoms with Gasteiger partial charge in [-0.3, -0.25) is 0 Å². The minimum Gasteiger partial charge on any atom is -0.369 e. The molecule has 2 aromatic carbocycles. The molecule has 25 heavy (non-hydrogen) atoms. The number of halogens is 2. The molecule has 0 bridgehead atoms. The summed E-state index contributed by atoms with van der Waals surface area (Å²) in [6.45, 7) is 10.9. The first kappa shape index (κ1) is 18.2. The van der Waals surface area contributed by atoms with Crippen molar-refractivity contribution in [3.8, 4) is 11.1 Å². The van der Waals surface area contributed by atoms with E-state index >= 15 is 0 Å². The molecule has 1 atom stereocenters. The summed E-state index contributed by atoms with van der Waals surface area (Å²) in [5.41, 5.74) is 4.79. The molecule has 1 saturated heterocycles. The van der Waals surface area contributed by atoms with Crippen LogP contribution < -0.4 is 4.90 Å². The van der Waals surface area contributed by atoms with Crippen molar-refractivity contribution in [3.63, 3.8) is 0 Å². The highest BCUT2D eigenvalue weighted by atomic mass is 35.5. The third-order valence-electron chi connectivity index (χ3n) is 5.13. The predicted molar refractivity (Wildman–Crippen MR) is 105 cm³/mol. The van der Waals surface area contributed by atoms with Crippen molar-refractivity contribution in [1.82, 2.24) is 4.90 Å². The SMILES string of the molecule is CCN1CCN(c2cc(-c3ccccc3C)c(Cl)c(C(C)F)c2)CC1. The molecule has 0 spiro atoms. The first-order valence-electron chi connectivity index (χ1n) is 9.02. The molecule has 2 aromatic rings. The molecule has 4 heteroatoms. The predicted octanol–water partition coefficient (Wildman–Crippen LogP) is 5.49. The van der Waals surface area contributed by atoms with Crippen LogP contribution in [0.5, 0.6) is 0 Å². The number of hydrogen-bond acceptors (Lipinski definition) is 2. The largest absolute Gasteiger partial charge is 0.369 e. The summed E-state index contributed by atoms with van der Waals surface area (Å²) in [7, 11) is 0. The Bertz CT molecular complexity index is 737. The average Bonchev–Trinajstić information content (AvgIpc) is 2.62. The molecule has 3 rings (SSSR count). The fourth-order valence-corrected chi connectivity index (χ4v) is 3.86. The number of likely N-dealkylation sites (N-methyl/N-ethyl adjacent to an activating group) is 1. The fraction of sp³-hybridized carbons (Fsp3) is 0.429. The molecular formula is C21H26ClFN2. The van der Waals surface area contributed by atoms with Gasteiger partial charge in [0, 0.05) is 43.0 Å². The number of hydrogen-bond donors (Lipinski definition) is 0. The van der Waals surface area contributed by atoms with Gasteiger partial charge < -0.3 is 9.80 Å². The number of benzene rings is 2. The molecule has 0 aliphatic carbocycles. The van der Waals surface area contributed by atoms with Crippen molar-refractivity contribution in [2.24, 2.45) is 0 Å². The molecule has 1 fully saturated rings. The maximum Gasteiger partial charge on any atom is 0.124 e. The normalized spacial score (nSPS) is 16.9. The highest BCUT2D eigenvalue weighted by Gasteiger charge is 2.21. The van der Waals surface area contributed by atoms with E-state index in [1.807, 2.05) is 18.2 Å². The second-order valence-electron chi connectivity index (χ2n) is 6.75. The lowest BCUT2D eigenvalue weighted by atomic mass is 9.96. The Kier molecular flexibility index (Phi) is 5.65. The van der Waals surface area contributed by atoms with Crippen molar-refractivity contribution in [1.29, 1.82) is 0 Å². The maximum atomic E-state index is 14.2. The Labute approximate surface area is 155 Å². The van der Waals surface area contributed by atoms with Crippen LogP contribution >= 0.6 is 11.6 Å². The van der Waals surface area contributed by atoms with Crippen LogP contribution in [0.15, 0.2) is 36.4 Å². The van der Waals surface area contributed by atoms with Gasteiger partial charge in [0.15, 0.2) is 0 Å². The quantitative estimate of drug-likeness (QED) is 0.711. The number of alkyl halides is 1. The third kappa shape index (κ3) is 3.83. The molecule has 0 saturated carbocycles. The summed E-state index contributed by atoms with van der Waals surface area (Å²) in [6, 6.07) is 12.2. The smallest absolute Gasteiger partial charge is 0.124 e. The van der Waals surface area contributed by atoms with E-state index in [0.29, 0.717) is 10.6 Å². The minimum atomic E-state index is -1.09. The van der Waals surface area contributed by atoms with Crippen LogP contribution in [0.25, 0.3) is 11.1 Å². The minimum absolute atomic E-state index is 0.528. The lowest BCUT2D eigenvalue weighted by Gasteiger charge is -2.36. The highest BCUT2D eigenvalue weighted by molar-refractivity contribution is 6.34. The number of nitrogens with zero attached hydrogens (tertiary/aromatic N) is 2. The molecule has 1 unspecified atom stereocenters. The highest BCUT2D eigenvalue weighted by Crippen LogP contribution is 2.40. The van der Waals surface area contributed by atoms with E-state index in [-0.39, 0.29) is 0 Å². The van der Waals surface area contributed by atoms with Gasteiger partial charge in [0.25, 0.3) is 0 Å². The summed E-state index contributed by atoms with van der Waals surface area (Å²) in [6.07, 6.45) is -1.09.